The largest absolute Gasteiger partial charge is 0.480 e. The second-order valence-corrected chi connectivity index (χ2v) is 9.17. The zero-order valence-corrected chi connectivity index (χ0v) is 19.6. The summed E-state index contributed by atoms with van der Waals surface area (Å²) in [4.78, 5) is 35.6. The Morgan fingerprint density at radius 3 is 2.74 bits per heavy atom. The minimum atomic E-state index is -0.979. The fraction of sp³-hybridized carbons (Fsp3) is 0.250. The molecule has 5 rings (SSSR count). The van der Waals surface area contributed by atoms with Crippen molar-refractivity contribution >= 4 is 68.7 Å². The van der Waals surface area contributed by atoms with Crippen molar-refractivity contribution in [2.75, 3.05) is 16.8 Å². The number of carbonyl (C=O) groups excluding carboxylic acids is 1. The summed E-state index contributed by atoms with van der Waals surface area (Å²) in [5.41, 5.74) is 2.27. The van der Waals surface area contributed by atoms with Crippen LogP contribution < -0.4 is 10.2 Å². The molecule has 8 nitrogen and oxygen atoms in total. The molecule has 0 aliphatic carbocycles. The van der Waals surface area contributed by atoms with E-state index in [2.05, 4.69) is 15.3 Å². The molecule has 1 saturated heterocycles. The maximum absolute atomic E-state index is 12.7. The number of nitrogens with zero attached hydrogens (tertiary/aromatic N) is 3. The SMILES string of the molecule is Cc1nc(N2C[C@@H](CC(=O)Nc3ccc(Cl)c(Cl)c3)C[C@H]2C(=O)O)c2oc3ccccc3c2n1. The van der Waals surface area contributed by atoms with Crippen LogP contribution in [0.25, 0.3) is 22.1 Å². The van der Waals surface area contributed by atoms with Gasteiger partial charge >= 0.3 is 5.97 Å². The Morgan fingerprint density at radius 1 is 1.18 bits per heavy atom. The number of anilines is 2. The highest BCUT2D eigenvalue weighted by Gasteiger charge is 2.40. The zero-order chi connectivity index (χ0) is 24.0. The van der Waals surface area contributed by atoms with E-state index in [0.29, 0.717) is 57.0 Å². The molecule has 0 saturated carbocycles. The monoisotopic (exact) mass is 498 g/mol. The van der Waals surface area contributed by atoms with Gasteiger partial charge < -0.3 is 19.7 Å². The maximum Gasteiger partial charge on any atom is 0.326 e. The Kier molecular flexibility index (Phi) is 5.79. The van der Waals surface area contributed by atoms with Crippen molar-refractivity contribution in [3.05, 3.63) is 58.3 Å². The first kappa shape index (κ1) is 22.4. The van der Waals surface area contributed by atoms with E-state index in [9.17, 15) is 14.7 Å². The molecule has 10 heteroatoms. The number of carboxylic acids is 1. The normalized spacial score (nSPS) is 18.0. The average molecular weight is 499 g/mol. The number of benzene rings is 2. The molecular formula is C24H20Cl2N4O4. The van der Waals surface area contributed by atoms with Gasteiger partial charge in [-0.15, -0.1) is 0 Å². The number of amides is 1. The minimum Gasteiger partial charge on any atom is -0.480 e. The molecule has 34 heavy (non-hydrogen) atoms. The van der Waals surface area contributed by atoms with Gasteiger partial charge in [0.1, 0.15) is 23.0 Å². The van der Waals surface area contributed by atoms with Crippen LogP contribution in [0.15, 0.2) is 46.9 Å². The van der Waals surface area contributed by atoms with Crippen molar-refractivity contribution < 1.29 is 19.1 Å². The predicted octanol–water partition coefficient (Wildman–Crippen LogP) is 5.30. The van der Waals surface area contributed by atoms with Gasteiger partial charge in [-0.1, -0.05) is 35.3 Å². The lowest BCUT2D eigenvalue weighted by atomic mass is 10.0. The summed E-state index contributed by atoms with van der Waals surface area (Å²) in [5.74, 6) is -0.467. The van der Waals surface area contributed by atoms with Crippen LogP contribution in [0.2, 0.25) is 10.0 Å². The summed E-state index contributed by atoms with van der Waals surface area (Å²) >= 11 is 12.0. The fourth-order valence-electron chi connectivity index (χ4n) is 4.47. The van der Waals surface area contributed by atoms with Gasteiger partial charge in [0.2, 0.25) is 5.91 Å². The van der Waals surface area contributed by atoms with E-state index in [0.717, 1.165) is 5.39 Å². The molecule has 0 radical (unpaired) electrons. The molecule has 3 heterocycles. The summed E-state index contributed by atoms with van der Waals surface area (Å²) in [6.45, 7) is 2.10. The Hall–Kier alpha value is -3.36. The molecule has 0 unspecified atom stereocenters. The Labute approximate surface area is 204 Å². The van der Waals surface area contributed by atoms with Crippen molar-refractivity contribution in [3.63, 3.8) is 0 Å². The van der Waals surface area contributed by atoms with Crippen molar-refractivity contribution in [1.29, 1.82) is 0 Å². The average Bonchev–Trinajstić information content (AvgIpc) is 3.37. The molecular weight excluding hydrogens is 479 g/mol. The standard InChI is InChI=1S/C24H20Cl2N4O4/c1-12-27-21-15-4-2-3-5-19(15)34-22(21)23(28-12)30-11-13(8-18(30)24(32)33)9-20(31)29-14-6-7-16(25)17(26)10-14/h2-7,10,13,18H,8-9,11H2,1H3,(H,29,31)(H,32,33)/t13-,18+/m1/s1. The Bertz CT molecular complexity index is 1440. The van der Waals surface area contributed by atoms with Gasteiger partial charge in [0.25, 0.3) is 0 Å². The molecule has 1 fully saturated rings. The van der Waals surface area contributed by atoms with Crippen LogP contribution in [0.4, 0.5) is 11.5 Å². The number of fused-ring (bicyclic) bond motifs is 3. The summed E-state index contributed by atoms with van der Waals surface area (Å²) in [5, 5.41) is 14.3. The van der Waals surface area contributed by atoms with Crippen LogP contribution in [0, 0.1) is 12.8 Å². The highest BCUT2D eigenvalue weighted by molar-refractivity contribution is 6.42. The van der Waals surface area contributed by atoms with Crippen molar-refractivity contribution in [2.45, 2.75) is 25.8 Å². The van der Waals surface area contributed by atoms with Crippen LogP contribution in [-0.2, 0) is 9.59 Å². The number of nitrogens with one attached hydrogen (secondary N) is 1. The van der Waals surface area contributed by atoms with Gasteiger partial charge in [0, 0.05) is 24.0 Å². The smallest absolute Gasteiger partial charge is 0.326 e. The first-order valence-corrected chi connectivity index (χ1v) is 11.5. The molecule has 0 spiro atoms. The molecule has 2 atom stereocenters. The van der Waals surface area contributed by atoms with E-state index in [-0.39, 0.29) is 18.2 Å². The third-order valence-corrected chi connectivity index (χ3v) is 6.67. The molecule has 4 aromatic rings. The Balaban J connectivity index is 1.42. The third kappa shape index (κ3) is 4.15. The number of aryl methyl sites for hydroxylation is 1. The minimum absolute atomic E-state index is 0.147. The highest BCUT2D eigenvalue weighted by atomic mass is 35.5. The number of carboxylic acid groups (broad SMARTS) is 1. The molecule has 0 bridgehead atoms. The maximum atomic E-state index is 12.7. The molecule has 2 N–H and O–H groups in total. The van der Waals surface area contributed by atoms with Crippen LogP contribution >= 0.6 is 23.2 Å². The lowest BCUT2D eigenvalue weighted by molar-refractivity contribution is -0.138. The van der Waals surface area contributed by atoms with E-state index in [1.807, 2.05) is 24.3 Å². The van der Waals surface area contributed by atoms with E-state index in [1.54, 1.807) is 30.0 Å². The number of para-hydroxylation sites is 1. The van der Waals surface area contributed by atoms with Crippen molar-refractivity contribution in [3.8, 4) is 0 Å². The summed E-state index contributed by atoms with van der Waals surface area (Å²) in [6, 6.07) is 11.5. The molecule has 1 amide bonds. The fourth-order valence-corrected chi connectivity index (χ4v) is 4.77. The summed E-state index contributed by atoms with van der Waals surface area (Å²) in [7, 11) is 0. The number of halogens is 2. The van der Waals surface area contributed by atoms with E-state index in [4.69, 9.17) is 27.6 Å². The Morgan fingerprint density at radius 2 is 1.97 bits per heavy atom. The third-order valence-electron chi connectivity index (χ3n) is 5.94. The number of aromatic nitrogens is 2. The van der Waals surface area contributed by atoms with Crippen LogP contribution in [0.5, 0.6) is 0 Å². The number of hydrogen-bond donors (Lipinski definition) is 2. The first-order valence-electron chi connectivity index (χ1n) is 10.7. The van der Waals surface area contributed by atoms with Crippen LogP contribution in [-0.4, -0.2) is 39.5 Å². The summed E-state index contributed by atoms with van der Waals surface area (Å²) < 4.78 is 6.03. The van der Waals surface area contributed by atoms with Gasteiger partial charge in [0.05, 0.1) is 10.0 Å². The number of rotatable bonds is 5. The quantitative estimate of drug-likeness (QED) is 0.384. The number of aliphatic carboxylic acids is 1. The van der Waals surface area contributed by atoms with Crippen LogP contribution in [0.3, 0.4) is 0 Å². The lowest BCUT2D eigenvalue weighted by Crippen LogP contribution is -2.36. The predicted molar refractivity (Wildman–Crippen MR) is 131 cm³/mol. The zero-order valence-electron chi connectivity index (χ0n) is 18.1. The second kappa shape index (κ2) is 8.77. The molecule has 174 valence electrons. The van der Waals surface area contributed by atoms with Crippen LogP contribution in [0.1, 0.15) is 18.7 Å². The van der Waals surface area contributed by atoms with Gasteiger partial charge in [-0.05, 0) is 49.6 Å². The van der Waals surface area contributed by atoms with Gasteiger partial charge in [-0.2, -0.15) is 0 Å². The molecule has 2 aromatic carbocycles. The van der Waals surface area contributed by atoms with E-state index < -0.39 is 12.0 Å². The molecule has 2 aromatic heterocycles. The van der Waals surface area contributed by atoms with Gasteiger partial charge in [-0.25, -0.2) is 14.8 Å². The number of hydrogen-bond acceptors (Lipinski definition) is 6. The second-order valence-electron chi connectivity index (χ2n) is 8.36. The molecule has 1 aliphatic heterocycles. The number of furan rings is 1. The topological polar surface area (TPSA) is 109 Å². The van der Waals surface area contributed by atoms with Crippen molar-refractivity contribution in [1.82, 2.24) is 9.97 Å². The first-order chi connectivity index (χ1) is 16.3. The summed E-state index contributed by atoms with van der Waals surface area (Å²) in [6.07, 6.45) is 0.447. The van der Waals surface area contributed by atoms with Crippen molar-refractivity contribution in [2.24, 2.45) is 5.92 Å². The van der Waals surface area contributed by atoms with Gasteiger partial charge in [0.15, 0.2) is 11.4 Å². The van der Waals surface area contributed by atoms with E-state index >= 15 is 0 Å². The van der Waals surface area contributed by atoms with Gasteiger partial charge in [-0.3, -0.25) is 4.79 Å². The van der Waals surface area contributed by atoms with E-state index in [1.165, 1.54) is 0 Å². The highest BCUT2D eigenvalue weighted by Crippen LogP contribution is 2.38. The molecule has 1 aliphatic rings. The lowest BCUT2D eigenvalue weighted by Gasteiger charge is -2.22. The number of carbonyl (C=O) groups is 2.